The molecule has 3 aromatic heterocycles. The maximum atomic E-state index is 4.55. The van der Waals surface area contributed by atoms with Crippen molar-refractivity contribution in [3.63, 3.8) is 0 Å². The summed E-state index contributed by atoms with van der Waals surface area (Å²) >= 11 is 0. The van der Waals surface area contributed by atoms with Crippen molar-refractivity contribution in [2.45, 2.75) is 19.4 Å². The van der Waals surface area contributed by atoms with E-state index < -0.39 is 0 Å². The van der Waals surface area contributed by atoms with Crippen LogP contribution in [0.2, 0.25) is 0 Å². The Bertz CT molecular complexity index is 833. The van der Waals surface area contributed by atoms with E-state index in [1.165, 1.54) is 25.9 Å². The third-order valence-corrected chi connectivity index (χ3v) is 5.13. The Kier molecular flexibility index (Phi) is 5.02. The first-order valence-electron chi connectivity index (χ1n) is 9.30. The number of hydrogen-bond donors (Lipinski definition) is 2. The first-order chi connectivity index (χ1) is 12.8. The molecule has 4 rings (SSSR count). The van der Waals surface area contributed by atoms with Gasteiger partial charge in [-0.3, -0.25) is 0 Å². The fourth-order valence-electron chi connectivity index (χ4n) is 3.37. The minimum absolute atomic E-state index is 0.749. The molecule has 1 aliphatic rings. The van der Waals surface area contributed by atoms with Crippen LogP contribution >= 0.6 is 0 Å². The van der Waals surface area contributed by atoms with E-state index in [2.05, 4.69) is 50.7 Å². The molecule has 0 saturated carbocycles. The van der Waals surface area contributed by atoms with Crippen molar-refractivity contribution in [1.29, 1.82) is 0 Å². The lowest BCUT2D eigenvalue weighted by Crippen LogP contribution is -2.33. The molecule has 0 radical (unpaired) electrons. The number of piperidine rings is 1. The highest BCUT2D eigenvalue weighted by Crippen LogP contribution is 2.17. The highest BCUT2D eigenvalue weighted by molar-refractivity contribution is 5.54. The van der Waals surface area contributed by atoms with E-state index in [0.29, 0.717) is 0 Å². The summed E-state index contributed by atoms with van der Waals surface area (Å²) in [5.74, 6) is 1.72. The lowest BCUT2D eigenvalue weighted by molar-refractivity contribution is 0.226. The van der Waals surface area contributed by atoms with Gasteiger partial charge in [-0.25, -0.2) is 9.97 Å². The Morgan fingerprint density at radius 3 is 2.77 bits per heavy atom. The van der Waals surface area contributed by atoms with Gasteiger partial charge in [0.1, 0.15) is 11.5 Å². The first kappa shape index (κ1) is 16.8. The van der Waals surface area contributed by atoms with E-state index in [9.17, 15) is 0 Å². The van der Waals surface area contributed by atoms with E-state index in [1.54, 1.807) is 6.20 Å². The van der Waals surface area contributed by atoms with E-state index >= 15 is 0 Å². The van der Waals surface area contributed by atoms with Crippen LogP contribution in [0.4, 0.5) is 11.5 Å². The molecule has 0 amide bonds. The zero-order chi connectivity index (χ0) is 17.8. The summed E-state index contributed by atoms with van der Waals surface area (Å²) in [6, 6.07) is 8.30. The van der Waals surface area contributed by atoms with Crippen LogP contribution in [0.1, 0.15) is 18.4 Å². The predicted octanol–water partition coefficient (Wildman–Crippen LogP) is 3.10. The highest BCUT2D eigenvalue weighted by atomic mass is 15.1. The Balaban J connectivity index is 1.27. The van der Waals surface area contributed by atoms with E-state index in [-0.39, 0.29) is 0 Å². The van der Waals surface area contributed by atoms with Crippen LogP contribution in [0.5, 0.6) is 0 Å². The molecular formula is C20H26N6. The third kappa shape index (κ3) is 4.14. The normalized spacial score (nSPS) is 16.0. The summed E-state index contributed by atoms with van der Waals surface area (Å²) < 4.78 is 2.00. The number of likely N-dealkylation sites (tertiary alicyclic amines) is 1. The van der Waals surface area contributed by atoms with Gasteiger partial charge in [0.15, 0.2) is 0 Å². The fourth-order valence-corrected chi connectivity index (χ4v) is 3.37. The van der Waals surface area contributed by atoms with Crippen LogP contribution < -0.4 is 10.6 Å². The molecule has 136 valence electrons. The van der Waals surface area contributed by atoms with Crippen LogP contribution in [-0.2, 0) is 6.54 Å². The summed E-state index contributed by atoms with van der Waals surface area (Å²) in [4.78, 5) is 11.3. The van der Waals surface area contributed by atoms with E-state index in [4.69, 9.17) is 0 Å². The van der Waals surface area contributed by atoms with Crippen molar-refractivity contribution in [2.75, 3.05) is 37.3 Å². The SMILES string of the molecule is CN1CCC(CNc2ccc(CNc3ccn4ccnc4c3)cn2)CC1. The zero-order valence-corrected chi connectivity index (χ0v) is 15.2. The van der Waals surface area contributed by atoms with Gasteiger partial charge >= 0.3 is 0 Å². The molecule has 1 saturated heterocycles. The van der Waals surface area contributed by atoms with Gasteiger partial charge in [-0.15, -0.1) is 0 Å². The first-order valence-corrected chi connectivity index (χ1v) is 9.30. The Morgan fingerprint density at radius 1 is 1.08 bits per heavy atom. The Morgan fingerprint density at radius 2 is 1.96 bits per heavy atom. The maximum absolute atomic E-state index is 4.55. The predicted molar refractivity (Wildman–Crippen MR) is 105 cm³/mol. The molecule has 1 aliphatic heterocycles. The van der Waals surface area contributed by atoms with Gasteiger partial charge in [-0.1, -0.05) is 6.07 Å². The Hall–Kier alpha value is -2.60. The molecule has 4 heterocycles. The van der Waals surface area contributed by atoms with Crippen LogP contribution in [0.3, 0.4) is 0 Å². The Labute approximate surface area is 154 Å². The van der Waals surface area contributed by atoms with Crippen LogP contribution in [0.15, 0.2) is 49.1 Å². The van der Waals surface area contributed by atoms with Gasteiger partial charge in [0.25, 0.3) is 0 Å². The van der Waals surface area contributed by atoms with Crippen molar-refractivity contribution in [2.24, 2.45) is 5.92 Å². The van der Waals surface area contributed by atoms with Gasteiger partial charge in [-0.05, 0) is 56.6 Å². The average molecular weight is 350 g/mol. The molecule has 26 heavy (non-hydrogen) atoms. The largest absolute Gasteiger partial charge is 0.381 e. The van der Waals surface area contributed by atoms with Crippen molar-refractivity contribution in [3.8, 4) is 0 Å². The summed E-state index contributed by atoms with van der Waals surface area (Å²) in [5.41, 5.74) is 3.17. The zero-order valence-electron chi connectivity index (χ0n) is 15.2. The van der Waals surface area contributed by atoms with Crippen LogP contribution in [0, 0.1) is 5.92 Å². The quantitative estimate of drug-likeness (QED) is 0.715. The second-order valence-electron chi connectivity index (χ2n) is 7.14. The molecule has 3 aromatic rings. The molecule has 2 N–H and O–H groups in total. The van der Waals surface area contributed by atoms with Gasteiger partial charge in [0.05, 0.1) is 0 Å². The molecule has 0 spiro atoms. The van der Waals surface area contributed by atoms with Crippen molar-refractivity contribution in [1.82, 2.24) is 19.3 Å². The molecule has 0 aliphatic carbocycles. The number of rotatable bonds is 6. The molecule has 6 heteroatoms. The van der Waals surface area contributed by atoms with Crippen LogP contribution in [0.25, 0.3) is 5.65 Å². The summed E-state index contributed by atoms with van der Waals surface area (Å²) in [6.07, 6.45) is 10.2. The van der Waals surface area contributed by atoms with E-state index in [1.807, 2.05) is 29.1 Å². The summed E-state index contributed by atoms with van der Waals surface area (Å²) in [5, 5.41) is 6.92. The molecule has 6 nitrogen and oxygen atoms in total. The maximum Gasteiger partial charge on any atom is 0.138 e. The van der Waals surface area contributed by atoms with Gasteiger partial charge < -0.3 is 19.9 Å². The number of anilines is 2. The third-order valence-electron chi connectivity index (χ3n) is 5.13. The number of hydrogen-bond acceptors (Lipinski definition) is 5. The molecule has 0 aromatic carbocycles. The number of nitrogens with zero attached hydrogens (tertiary/aromatic N) is 4. The van der Waals surface area contributed by atoms with Gasteiger partial charge in [-0.2, -0.15) is 0 Å². The van der Waals surface area contributed by atoms with Crippen molar-refractivity contribution >= 4 is 17.2 Å². The minimum atomic E-state index is 0.749. The highest BCUT2D eigenvalue weighted by Gasteiger charge is 2.16. The molecule has 0 unspecified atom stereocenters. The average Bonchev–Trinajstić information content (AvgIpc) is 3.14. The fraction of sp³-hybridized carbons (Fsp3) is 0.400. The smallest absolute Gasteiger partial charge is 0.138 e. The monoisotopic (exact) mass is 350 g/mol. The molecular weight excluding hydrogens is 324 g/mol. The second kappa shape index (κ2) is 7.74. The molecule has 1 fully saturated rings. The molecule has 0 atom stereocenters. The van der Waals surface area contributed by atoms with Crippen LogP contribution in [-0.4, -0.2) is 46.0 Å². The topological polar surface area (TPSA) is 57.5 Å². The van der Waals surface area contributed by atoms with Crippen molar-refractivity contribution < 1.29 is 0 Å². The lowest BCUT2D eigenvalue weighted by Gasteiger charge is -2.29. The number of nitrogens with one attached hydrogen (secondary N) is 2. The minimum Gasteiger partial charge on any atom is -0.381 e. The van der Waals surface area contributed by atoms with Crippen molar-refractivity contribution in [3.05, 3.63) is 54.6 Å². The van der Waals surface area contributed by atoms with Gasteiger partial charge in [0, 0.05) is 49.6 Å². The number of aromatic nitrogens is 3. The standard InChI is InChI=1S/C20H26N6/c1-25-8-4-16(5-9-25)13-23-19-3-2-17(15-24-19)14-22-18-6-10-26-11-7-21-20(26)12-18/h2-3,6-7,10-12,15-16,22H,4-5,8-9,13-14H2,1H3,(H,23,24). The number of imidazole rings is 1. The number of pyridine rings is 2. The van der Waals surface area contributed by atoms with E-state index in [0.717, 1.165) is 41.7 Å². The lowest BCUT2D eigenvalue weighted by atomic mass is 9.97. The molecule has 0 bridgehead atoms. The second-order valence-corrected chi connectivity index (χ2v) is 7.14. The number of fused-ring (bicyclic) bond motifs is 1. The van der Waals surface area contributed by atoms with Gasteiger partial charge in [0.2, 0.25) is 0 Å². The summed E-state index contributed by atoms with van der Waals surface area (Å²) in [7, 11) is 2.20. The summed E-state index contributed by atoms with van der Waals surface area (Å²) in [6.45, 7) is 4.17.